The van der Waals surface area contributed by atoms with E-state index in [1.165, 1.54) is 0 Å². The van der Waals surface area contributed by atoms with Crippen LogP contribution in [0.4, 0.5) is 0 Å². The second-order valence-corrected chi connectivity index (χ2v) is 3.55. The van der Waals surface area contributed by atoms with Crippen molar-refractivity contribution in [3.63, 3.8) is 0 Å². The van der Waals surface area contributed by atoms with Crippen LogP contribution in [-0.2, 0) is 4.79 Å². The van der Waals surface area contributed by atoms with Gasteiger partial charge in [-0.2, -0.15) is 0 Å². The van der Waals surface area contributed by atoms with Gasteiger partial charge in [-0.05, 0) is 19.3 Å². The molecule has 0 bridgehead atoms. The second kappa shape index (κ2) is 5.81. The lowest BCUT2D eigenvalue weighted by Gasteiger charge is -2.28. The van der Waals surface area contributed by atoms with E-state index in [0.29, 0.717) is 19.4 Å². The maximum Gasteiger partial charge on any atom is 0.323 e. The summed E-state index contributed by atoms with van der Waals surface area (Å²) in [6.07, 6.45) is 2.07. The Balaban J connectivity index is 4.37. The maximum absolute atomic E-state index is 11.1. The van der Waals surface area contributed by atoms with Crippen LogP contribution < -0.4 is 5.32 Å². The van der Waals surface area contributed by atoms with Gasteiger partial charge in [0, 0.05) is 6.54 Å². The van der Waals surface area contributed by atoms with Gasteiger partial charge in [-0.25, -0.2) is 0 Å². The highest BCUT2D eigenvalue weighted by Crippen LogP contribution is 2.15. The molecule has 3 nitrogen and oxygen atoms in total. The van der Waals surface area contributed by atoms with Crippen molar-refractivity contribution in [3.05, 3.63) is 12.2 Å². The van der Waals surface area contributed by atoms with E-state index < -0.39 is 11.5 Å². The van der Waals surface area contributed by atoms with Crippen LogP contribution in [0.15, 0.2) is 12.2 Å². The van der Waals surface area contributed by atoms with Gasteiger partial charge in [0.05, 0.1) is 0 Å². The summed E-state index contributed by atoms with van der Waals surface area (Å²) >= 11 is 0. The van der Waals surface area contributed by atoms with Crippen molar-refractivity contribution in [2.75, 3.05) is 6.54 Å². The summed E-state index contributed by atoms with van der Waals surface area (Å²) in [4.78, 5) is 11.1. The molecule has 0 aliphatic rings. The highest BCUT2D eigenvalue weighted by molar-refractivity contribution is 5.78. The Morgan fingerprint density at radius 2 is 1.86 bits per heavy atom. The summed E-state index contributed by atoms with van der Waals surface area (Å²) in [6, 6.07) is 0. The molecular formula is C11H21NO2. The predicted molar refractivity (Wildman–Crippen MR) is 58.4 cm³/mol. The van der Waals surface area contributed by atoms with Gasteiger partial charge >= 0.3 is 5.97 Å². The molecule has 0 fully saturated rings. The average molecular weight is 199 g/mol. The molecule has 0 radical (unpaired) electrons. The molecule has 0 aliphatic carbocycles. The molecule has 0 aromatic carbocycles. The Bertz CT molecular complexity index is 207. The van der Waals surface area contributed by atoms with Crippen molar-refractivity contribution in [2.45, 2.75) is 45.6 Å². The van der Waals surface area contributed by atoms with Gasteiger partial charge in [0.15, 0.2) is 0 Å². The summed E-state index contributed by atoms with van der Waals surface area (Å²) in [5, 5.41) is 12.2. The molecule has 3 heteroatoms. The number of nitrogens with one attached hydrogen (secondary N) is 1. The van der Waals surface area contributed by atoms with E-state index in [4.69, 9.17) is 5.11 Å². The van der Waals surface area contributed by atoms with Gasteiger partial charge in [0.2, 0.25) is 0 Å². The normalized spacial score (nSPS) is 11.4. The molecule has 2 N–H and O–H groups in total. The third kappa shape index (κ3) is 3.14. The summed E-state index contributed by atoms with van der Waals surface area (Å²) in [5.74, 6) is -0.772. The monoisotopic (exact) mass is 199 g/mol. The van der Waals surface area contributed by atoms with Crippen molar-refractivity contribution >= 4 is 5.97 Å². The fraction of sp³-hybridized carbons (Fsp3) is 0.727. The number of carboxylic acid groups (broad SMARTS) is 1. The Morgan fingerprint density at radius 3 is 2.14 bits per heavy atom. The fourth-order valence-electron chi connectivity index (χ4n) is 1.30. The molecule has 0 heterocycles. The van der Waals surface area contributed by atoms with Crippen molar-refractivity contribution in [2.24, 2.45) is 0 Å². The number of hydrogen-bond donors (Lipinski definition) is 2. The molecule has 14 heavy (non-hydrogen) atoms. The average Bonchev–Trinajstić information content (AvgIpc) is 2.19. The lowest BCUT2D eigenvalue weighted by Crippen LogP contribution is -2.51. The van der Waals surface area contributed by atoms with E-state index in [9.17, 15) is 4.79 Å². The third-order valence-electron chi connectivity index (χ3n) is 2.79. The van der Waals surface area contributed by atoms with Gasteiger partial charge in [-0.3, -0.25) is 10.1 Å². The lowest BCUT2D eigenvalue weighted by molar-refractivity contribution is -0.145. The minimum Gasteiger partial charge on any atom is -0.480 e. The van der Waals surface area contributed by atoms with E-state index in [1.54, 1.807) is 0 Å². The number of rotatable bonds is 7. The molecule has 0 aromatic rings. The van der Waals surface area contributed by atoms with Crippen molar-refractivity contribution in [3.8, 4) is 0 Å². The van der Waals surface area contributed by atoms with E-state index in [0.717, 1.165) is 12.0 Å². The minimum absolute atomic E-state index is 0.588. The fourth-order valence-corrected chi connectivity index (χ4v) is 1.30. The molecule has 0 unspecified atom stereocenters. The molecule has 0 aliphatic heterocycles. The van der Waals surface area contributed by atoms with Crippen molar-refractivity contribution in [1.29, 1.82) is 0 Å². The van der Waals surface area contributed by atoms with Crippen LogP contribution in [-0.4, -0.2) is 23.2 Å². The van der Waals surface area contributed by atoms with Gasteiger partial charge in [-0.15, -0.1) is 0 Å². The molecule has 0 amide bonds. The highest BCUT2D eigenvalue weighted by Gasteiger charge is 2.33. The van der Waals surface area contributed by atoms with Crippen LogP contribution in [0.5, 0.6) is 0 Å². The smallest absolute Gasteiger partial charge is 0.323 e. The maximum atomic E-state index is 11.1. The molecule has 0 spiro atoms. The van der Waals surface area contributed by atoms with Gasteiger partial charge in [-0.1, -0.05) is 32.9 Å². The number of carbonyl (C=O) groups is 1. The van der Waals surface area contributed by atoms with Crippen molar-refractivity contribution < 1.29 is 9.90 Å². The third-order valence-corrected chi connectivity index (χ3v) is 2.79. The first-order chi connectivity index (χ1) is 6.52. The second-order valence-electron chi connectivity index (χ2n) is 3.55. The molecule has 0 rings (SSSR count). The van der Waals surface area contributed by atoms with Crippen molar-refractivity contribution in [1.82, 2.24) is 5.32 Å². The number of aliphatic carboxylic acids is 1. The number of carboxylic acids is 1. The van der Waals surface area contributed by atoms with Crippen LogP contribution in [0.3, 0.4) is 0 Å². The standard InChI is InChI=1S/C11H21NO2/c1-5-9(4)8-12-11(6-2,7-3)10(13)14/h12H,4-8H2,1-3H3,(H,13,14). The minimum atomic E-state index is -0.780. The molecule has 0 aromatic heterocycles. The molecule has 0 saturated heterocycles. The zero-order valence-electron chi connectivity index (χ0n) is 9.39. The SMILES string of the molecule is C=C(CC)CNC(CC)(CC)C(=O)O. The van der Waals surface area contributed by atoms with Crippen LogP contribution in [0, 0.1) is 0 Å². The zero-order chi connectivity index (χ0) is 11.2. The van der Waals surface area contributed by atoms with Crippen LogP contribution in [0.1, 0.15) is 40.0 Å². The molecular weight excluding hydrogens is 178 g/mol. The largest absolute Gasteiger partial charge is 0.480 e. The topological polar surface area (TPSA) is 49.3 Å². The van der Waals surface area contributed by atoms with E-state index in [2.05, 4.69) is 11.9 Å². The molecule has 0 saturated carbocycles. The molecule has 0 atom stereocenters. The van der Waals surface area contributed by atoms with E-state index in [-0.39, 0.29) is 0 Å². The predicted octanol–water partition coefficient (Wildman–Crippen LogP) is 2.19. The van der Waals surface area contributed by atoms with Crippen LogP contribution in [0.25, 0.3) is 0 Å². The first kappa shape index (κ1) is 13.2. The van der Waals surface area contributed by atoms with E-state index >= 15 is 0 Å². The van der Waals surface area contributed by atoms with Gasteiger partial charge < -0.3 is 5.11 Å². The van der Waals surface area contributed by atoms with Crippen LogP contribution in [0.2, 0.25) is 0 Å². The molecule has 82 valence electrons. The summed E-state index contributed by atoms with van der Waals surface area (Å²) in [7, 11) is 0. The highest BCUT2D eigenvalue weighted by atomic mass is 16.4. The quantitative estimate of drug-likeness (QED) is 0.618. The summed E-state index contributed by atoms with van der Waals surface area (Å²) in [5.41, 5.74) is 0.260. The van der Waals surface area contributed by atoms with E-state index in [1.807, 2.05) is 20.8 Å². The number of hydrogen-bond acceptors (Lipinski definition) is 2. The van der Waals surface area contributed by atoms with Crippen LogP contribution >= 0.6 is 0 Å². The van der Waals surface area contributed by atoms with Gasteiger partial charge in [0.25, 0.3) is 0 Å². The first-order valence-corrected chi connectivity index (χ1v) is 5.17. The first-order valence-electron chi connectivity index (χ1n) is 5.17. The lowest BCUT2D eigenvalue weighted by atomic mass is 9.92. The summed E-state index contributed by atoms with van der Waals surface area (Å²) < 4.78 is 0. The zero-order valence-corrected chi connectivity index (χ0v) is 9.39. The Hall–Kier alpha value is -0.830. The van der Waals surface area contributed by atoms with Gasteiger partial charge in [0.1, 0.15) is 5.54 Å². The summed E-state index contributed by atoms with van der Waals surface area (Å²) in [6.45, 7) is 10.2. The Labute approximate surface area is 86.2 Å². The Kier molecular flexibility index (Phi) is 5.46. The Morgan fingerprint density at radius 1 is 1.36 bits per heavy atom.